The number of para-hydroxylation sites is 1. The van der Waals surface area contributed by atoms with Crippen molar-refractivity contribution in [2.24, 2.45) is 0 Å². The molecule has 6 rings (SSSR count). The van der Waals surface area contributed by atoms with Crippen LogP contribution in [0.25, 0.3) is 33.2 Å². The molecule has 0 unspecified atom stereocenters. The summed E-state index contributed by atoms with van der Waals surface area (Å²) < 4.78 is 0. The number of Topliss-reactive ketones (excluding diaryl/α,β-unsaturated/α-hetero) is 1. The van der Waals surface area contributed by atoms with Gasteiger partial charge in [-0.25, -0.2) is 0 Å². The molecular weight excluding hydrogens is 426 g/mol. The van der Waals surface area contributed by atoms with Crippen molar-refractivity contribution in [3.05, 3.63) is 111 Å². The van der Waals surface area contributed by atoms with Crippen LogP contribution in [-0.4, -0.2) is 28.9 Å². The number of ketones is 1. The van der Waals surface area contributed by atoms with E-state index < -0.39 is 17.2 Å². The van der Waals surface area contributed by atoms with Crippen LogP contribution in [0.1, 0.15) is 15.9 Å². The number of aromatic nitrogens is 2. The van der Waals surface area contributed by atoms with Crippen LogP contribution in [0, 0.1) is 0 Å². The number of hydrogen-bond acceptors (Lipinski definition) is 3. The molecule has 0 aliphatic carbocycles. The highest BCUT2D eigenvalue weighted by Crippen LogP contribution is 2.30. The molecule has 0 fully saturated rings. The van der Waals surface area contributed by atoms with Gasteiger partial charge in [0.05, 0.1) is 16.3 Å². The molecule has 2 heterocycles. The molecule has 0 saturated carbocycles. The SMILES string of the molecule is CN1C(=O)/C(=c2/[nH][nH]c(=O)/c2=C\c2c3ccccc3cc3ccccc23)C(=O)c2ccccc21. The molecule has 6 heteroatoms. The van der Waals surface area contributed by atoms with Gasteiger partial charge in [0, 0.05) is 12.6 Å². The number of nitrogens with zero attached hydrogens (tertiary/aromatic N) is 1. The lowest BCUT2D eigenvalue weighted by Gasteiger charge is -2.25. The quantitative estimate of drug-likeness (QED) is 0.389. The summed E-state index contributed by atoms with van der Waals surface area (Å²) in [6, 6.07) is 25.0. The number of nitrogens with one attached hydrogen (secondary N) is 2. The Labute approximate surface area is 193 Å². The van der Waals surface area contributed by atoms with Gasteiger partial charge in [-0.15, -0.1) is 0 Å². The summed E-state index contributed by atoms with van der Waals surface area (Å²) in [7, 11) is 1.62. The van der Waals surface area contributed by atoms with Crippen LogP contribution in [0.5, 0.6) is 0 Å². The second-order valence-corrected chi connectivity index (χ2v) is 8.33. The molecule has 34 heavy (non-hydrogen) atoms. The third-order valence-corrected chi connectivity index (χ3v) is 6.42. The molecule has 6 nitrogen and oxygen atoms in total. The van der Waals surface area contributed by atoms with Crippen molar-refractivity contribution < 1.29 is 9.59 Å². The maximum Gasteiger partial charge on any atom is 0.271 e. The van der Waals surface area contributed by atoms with Crippen LogP contribution in [0.4, 0.5) is 5.69 Å². The predicted octanol–water partition coefficient (Wildman–Crippen LogP) is 2.85. The van der Waals surface area contributed by atoms with Crippen LogP contribution in [0.15, 0.2) is 83.7 Å². The lowest BCUT2D eigenvalue weighted by molar-refractivity contribution is -0.113. The maximum atomic E-state index is 13.4. The van der Waals surface area contributed by atoms with Gasteiger partial charge in [-0.1, -0.05) is 60.7 Å². The number of carbonyl (C=O) groups excluding carboxylic acids is 2. The summed E-state index contributed by atoms with van der Waals surface area (Å²) in [5.41, 5.74) is 1.36. The first kappa shape index (κ1) is 19.9. The highest BCUT2D eigenvalue weighted by atomic mass is 16.2. The number of benzene rings is 4. The van der Waals surface area contributed by atoms with Gasteiger partial charge < -0.3 is 4.90 Å². The Hall–Kier alpha value is -4.71. The lowest BCUT2D eigenvalue weighted by atomic mass is 9.94. The van der Waals surface area contributed by atoms with Crippen LogP contribution in [0.2, 0.25) is 0 Å². The number of carbonyl (C=O) groups is 2. The number of anilines is 1. The van der Waals surface area contributed by atoms with Gasteiger partial charge in [0.15, 0.2) is 0 Å². The first-order valence-electron chi connectivity index (χ1n) is 10.9. The van der Waals surface area contributed by atoms with E-state index in [0.29, 0.717) is 11.3 Å². The van der Waals surface area contributed by atoms with Crippen LogP contribution in [0.3, 0.4) is 0 Å². The zero-order valence-corrected chi connectivity index (χ0v) is 18.3. The summed E-state index contributed by atoms with van der Waals surface area (Å²) in [6.45, 7) is 0. The number of hydrogen-bond donors (Lipinski definition) is 2. The summed E-state index contributed by atoms with van der Waals surface area (Å²) in [5, 5.41) is 9.82. The Bertz CT molecular complexity index is 1790. The zero-order chi connectivity index (χ0) is 23.4. The summed E-state index contributed by atoms with van der Waals surface area (Å²) >= 11 is 0. The molecule has 0 bridgehead atoms. The molecule has 5 aromatic rings. The minimum atomic E-state index is -0.462. The topological polar surface area (TPSA) is 86.0 Å². The van der Waals surface area contributed by atoms with Crippen molar-refractivity contribution in [1.29, 1.82) is 0 Å². The number of amides is 1. The van der Waals surface area contributed by atoms with E-state index in [-0.39, 0.29) is 16.1 Å². The van der Waals surface area contributed by atoms with Crippen molar-refractivity contribution in [1.82, 2.24) is 10.2 Å². The van der Waals surface area contributed by atoms with E-state index in [1.54, 1.807) is 37.4 Å². The molecule has 0 spiro atoms. The van der Waals surface area contributed by atoms with E-state index in [9.17, 15) is 14.4 Å². The van der Waals surface area contributed by atoms with Crippen molar-refractivity contribution >= 4 is 50.6 Å². The van der Waals surface area contributed by atoms with Gasteiger partial charge in [0.25, 0.3) is 11.5 Å². The Morgan fingerprint density at radius 2 is 1.38 bits per heavy atom. The standard InChI is InChI=1S/C28H19N3O3/c1-31-23-13-7-6-12-20(23)26(32)24(28(31)34)25-22(27(33)30-29-25)15-21-18-10-4-2-8-16(18)14-17-9-3-5-11-19(17)21/h2-15,29H,1H3,(H,30,33)/b22-15-,25-24+. The van der Waals surface area contributed by atoms with Crippen LogP contribution in [-0.2, 0) is 4.79 Å². The zero-order valence-electron chi connectivity index (χ0n) is 18.3. The van der Waals surface area contributed by atoms with Gasteiger partial charge in [0.2, 0.25) is 5.78 Å². The first-order chi connectivity index (χ1) is 16.5. The molecule has 0 saturated heterocycles. The first-order valence-corrected chi connectivity index (χ1v) is 10.9. The molecule has 1 aliphatic heterocycles. The molecule has 0 atom stereocenters. The Morgan fingerprint density at radius 1 is 0.765 bits per heavy atom. The third-order valence-electron chi connectivity index (χ3n) is 6.42. The molecule has 2 N–H and O–H groups in total. The van der Waals surface area contributed by atoms with E-state index >= 15 is 0 Å². The number of rotatable bonds is 1. The fraction of sp³-hybridized carbons (Fsp3) is 0.0357. The van der Waals surface area contributed by atoms with E-state index in [1.807, 2.05) is 48.5 Å². The highest BCUT2D eigenvalue weighted by Gasteiger charge is 2.33. The van der Waals surface area contributed by atoms with Crippen molar-refractivity contribution in [2.75, 3.05) is 11.9 Å². The van der Waals surface area contributed by atoms with Crippen LogP contribution >= 0.6 is 0 Å². The van der Waals surface area contributed by atoms with Crippen molar-refractivity contribution in [3.63, 3.8) is 0 Å². The number of H-pyrrole nitrogens is 2. The van der Waals surface area contributed by atoms with E-state index in [4.69, 9.17) is 0 Å². The predicted molar refractivity (Wildman–Crippen MR) is 133 cm³/mol. The van der Waals surface area contributed by atoms with Gasteiger partial charge in [-0.3, -0.25) is 24.6 Å². The van der Waals surface area contributed by atoms with Crippen LogP contribution < -0.4 is 21.0 Å². The summed E-state index contributed by atoms with van der Waals surface area (Å²) in [6.07, 6.45) is 1.77. The molecule has 1 aromatic heterocycles. The van der Waals surface area contributed by atoms with Crippen molar-refractivity contribution in [3.8, 4) is 0 Å². The molecule has 0 radical (unpaired) electrons. The highest BCUT2D eigenvalue weighted by molar-refractivity contribution is 6.51. The monoisotopic (exact) mass is 445 g/mol. The Kier molecular flexibility index (Phi) is 4.35. The third kappa shape index (κ3) is 2.85. The van der Waals surface area contributed by atoms with Gasteiger partial charge in [0.1, 0.15) is 5.57 Å². The van der Waals surface area contributed by atoms with Gasteiger partial charge >= 0.3 is 0 Å². The second-order valence-electron chi connectivity index (χ2n) is 8.33. The van der Waals surface area contributed by atoms with Gasteiger partial charge in [-0.05, 0) is 51.4 Å². The summed E-state index contributed by atoms with van der Waals surface area (Å²) in [5.74, 6) is -0.872. The normalized spacial score (nSPS) is 15.9. The molecule has 1 amide bonds. The van der Waals surface area contributed by atoms with E-state index in [1.165, 1.54) is 4.90 Å². The minimum Gasteiger partial charge on any atom is -0.310 e. The minimum absolute atomic E-state index is 0.0599. The van der Waals surface area contributed by atoms with Crippen molar-refractivity contribution in [2.45, 2.75) is 0 Å². The number of fused-ring (bicyclic) bond motifs is 3. The average Bonchev–Trinajstić information content (AvgIpc) is 3.22. The second kappa shape index (κ2) is 7.42. The molecule has 164 valence electrons. The van der Waals surface area contributed by atoms with E-state index in [2.05, 4.69) is 16.3 Å². The Morgan fingerprint density at radius 3 is 2.09 bits per heavy atom. The molecular formula is C28H19N3O3. The molecule has 1 aliphatic rings. The van der Waals surface area contributed by atoms with Gasteiger partial charge in [-0.2, -0.15) is 0 Å². The van der Waals surface area contributed by atoms with E-state index in [0.717, 1.165) is 27.1 Å². The Balaban J connectivity index is 1.74. The fourth-order valence-electron chi connectivity index (χ4n) is 4.74. The fourth-order valence-corrected chi connectivity index (χ4v) is 4.74. The maximum absolute atomic E-state index is 13.4. The lowest BCUT2D eigenvalue weighted by Crippen LogP contribution is -2.44. The average molecular weight is 445 g/mol. The summed E-state index contributed by atoms with van der Waals surface area (Å²) in [4.78, 5) is 41.0. The number of aromatic amines is 2. The molecule has 4 aromatic carbocycles. The largest absolute Gasteiger partial charge is 0.310 e. The smallest absolute Gasteiger partial charge is 0.271 e.